The minimum atomic E-state index is -4.32. The molecule has 3 rings (SSSR count). The molecule has 1 N–H and O–H groups in total. The number of hydrogen-bond donors (Lipinski definition) is 1. The van der Waals surface area contributed by atoms with Gasteiger partial charge >= 0.3 is 6.18 Å². The number of thioether (sulfide) groups is 1. The highest BCUT2D eigenvalue weighted by molar-refractivity contribution is 7.99. The summed E-state index contributed by atoms with van der Waals surface area (Å²) in [5, 5.41) is 3.22. The highest BCUT2D eigenvalue weighted by Crippen LogP contribution is 2.40. The Morgan fingerprint density at radius 1 is 1.14 bits per heavy atom. The van der Waals surface area contributed by atoms with E-state index in [2.05, 4.69) is 5.32 Å². The lowest BCUT2D eigenvalue weighted by atomic mass is 10.1. The number of anilines is 1. The van der Waals surface area contributed by atoms with E-state index in [1.807, 2.05) is 24.3 Å². The second-order valence-electron chi connectivity index (χ2n) is 5.07. The van der Waals surface area contributed by atoms with Crippen LogP contribution in [-0.2, 0) is 6.18 Å². The first-order valence-corrected chi connectivity index (χ1v) is 7.60. The van der Waals surface area contributed by atoms with Crippen molar-refractivity contribution in [1.29, 1.82) is 0 Å². The van der Waals surface area contributed by atoms with Crippen LogP contribution in [0.3, 0.4) is 0 Å². The smallest absolute Gasteiger partial charge is 0.377 e. The standard InChI is InChI=1S/C16H14F3NS/c1-10-6-7-11(8-13(10)16(17,18)19)20-14-9-21-15-5-3-2-4-12(14)15/h2-8,14,20H,9H2,1H3. The lowest BCUT2D eigenvalue weighted by Crippen LogP contribution is -2.12. The van der Waals surface area contributed by atoms with Gasteiger partial charge in [0.2, 0.25) is 0 Å². The van der Waals surface area contributed by atoms with Crippen LogP contribution < -0.4 is 5.32 Å². The summed E-state index contributed by atoms with van der Waals surface area (Å²) in [6, 6.07) is 12.5. The normalized spacial score (nSPS) is 17.6. The van der Waals surface area contributed by atoms with Crippen molar-refractivity contribution in [3.05, 3.63) is 59.2 Å². The Kier molecular flexibility index (Phi) is 3.61. The van der Waals surface area contributed by atoms with Gasteiger partial charge in [-0.3, -0.25) is 0 Å². The average molecular weight is 309 g/mol. The number of rotatable bonds is 2. The molecule has 0 spiro atoms. The molecule has 0 aromatic heterocycles. The molecule has 1 heterocycles. The van der Waals surface area contributed by atoms with Crippen LogP contribution in [-0.4, -0.2) is 5.75 Å². The number of alkyl halides is 3. The van der Waals surface area contributed by atoms with E-state index >= 15 is 0 Å². The van der Waals surface area contributed by atoms with Crippen LogP contribution in [0.15, 0.2) is 47.4 Å². The maximum absolute atomic E-state index is 12.9. The zero-order valence-electron chi connectivity index (χ0n) is 11.4. The quantitative estimate of drug-likeness (QED) is 0.810. The van der Waals surface area contributed by atoms with Crippen molar-refractivity contribution < 1.29 is 13.2 Å². The zero-order chi connectivity index (χ0) is 15.0. The summed E-state index contributed by atoms with van der Waals surface area (Å²) in [6.45, 7) is 1.48. The van der Waals surface area contributed by atoms with E-state index < -0.39 is 11.7 Å². The molecule has 2 aromatic carbocycles. The first-order chi connectivity index (χ1) is 9.95. The van der Waals surface area contributed by atoms with Gasteiger partial charge in [-0.25, -0.2) is 0 Å². The van der Waals surface area contributed by atoms with Crippen molar-refractivity contribution in [3.63, 3.8) is 0 Å². The maximum Gasteiger partial charge on any atom is 0.416 e. The lowest BCUT2D eigenvalue weighted by molar-refractivity contribution is -0.138. The predicted octanol–water partition coefficient (Wildman–Crippen LogP) is 5.27. The van der Waals surface area contributed by atoms with E-state index in [1.165, 1.54) is 24.0 Å². The molecule has 1 nitrogen and oxygen atoms in total. The van der Waals surface area contributed by atoms with E-state index in [4.69, 9.17) is 0 Å². The fourth-order valence-corrected chi connectivity index (χ4v) is 3.66. The number of hydrogen-bond acceptors (Lipinski definition) is 2. The van der Waals surface area contributed by atoms with E-state index in [0.29, 0.717) is 5.69 Å². The van der Waals surface area contributed by atoms with Crippen molar-refractivity contribution in [3.8, 4) is 0 Å². The molecule has 0 radical (unpaired) electrons. The Balaban J connectivity index is 1.87. The highest BCUT2D eigenvalue weighted by Gasteiger charge is 2.33. The molecule has 1 aliphatic heterocycles. The fourth-order valence-electron chi connectivity index (χ4n) is 2.50. The number of benzene rings is 2. The molecule has 0 aliphatic carbocycles. The molecule has 0 saturated heterocycles. The van der Waals surface area contributed by atoms with Gasteiger partial charge in [0.15, 0.2) is 0 Å². The molecule has 0 bridgehead atoms. The summed E-state index contributed by atoms with van der Waals surface area (Å²) < 4.78 is 38.8. The van der Waals surface area contributed by atoms with Crippen LogP contribution in [0.25, 0.3) is 0 Å². The van der Waals surface area contributed by atoms with Crippen LogP contribution in [0.2, 0.25) is 0 Å². The van der Waals surface area contributed by atoms with Crippen LogP contribution in [0, 0.1) is 6.92 Å². The van der Waals surface area contributed by atoms with Crippen molar-refractivity contribution >= 4 is 17.4 Å². The molecule has 1 aliphatic rings. The molecule has 0 fully saturated rings. The van der Waals surface area contributed by atoms with Crippen LogP contribution >= 0.6 is 11.8 Å². The largest absolute Gasteiger partial charge is 0.416 e. The fraction of sp³-hybridized carbons (Fsp3) is 0.250. The van der Waals surface area contributed by atoms with Crippen molar-refractivity contribution in [2.24, 2.45) is 0 Å². The van der Waals surface area contributed by atoms with Gasteiger partial charge < -0.3 is 5.32 Å². The van der Waals surface area contributed by atoms with Crippen molar-refractivity contribution in [1.82, 2.24) is 0 Å². The molecular formula is C16H14F3NS. The van der Waals surface area contributed by atoms with E-state index in [9.17, 15) is 13.2 Å². The Hall–Kier alpha value is -1.62. The molecule has 0 saturated carbocycles. The Bertz CT molecular complexity index is 667. The van der Waals surface area contributed by atoms with Gasteiger partial charge in [0.1, 0.15) is 0 Å². The predicted molar refractivity (Wildman–Crippen MR) is 79.7 cm³/mol. The average Bonchev–Trinajstić information content (AvgIpc) is 2.83. The molecule has 1 unspecified atom stereocenters. The molecule has 0 amide bonds. The summed E-state index contributed by atoms with van der Waals surface area (Å²) in [5.41, 5.74) is 1.33. The second kappa shape index (κ2) is 5.30. The monoisotopic (exact) mass is 309 g/mol. The molecule has 1 atom stereocenters. The van der Waals surface area contributed by atoms with Gasteiger partial charge in [-0.15, -0.1) is 11.8 Å². The lowest BCUT2D eigenvalue weighted by Gasteiger charge is -2.17. The number of halogens is 3. The van der Waals surface area contributed by atoms with Gasteiger partial charge in [-0.05, 0) is 36.2 Å². The number of fused-ring (bicyclic) bond motifs is 1. The van der Waals surface area contributed by atoms with Crippen LogP contribution in [0.5, 0.6) is 0 Å². The molecule has 21 heavy (non-hydrogen) atoms. The van der Waals surface area contributed by atoms with E-state index in [0.717, 1.165) is 11.3 Å². The summed E-state index contributed by atoms with van der Waals surface area (Å²) in [7, 11) is 0. The number of aryl methyl sites for hydroxylation is 1. The summed E-state index contributed by atoms with van der Waals surface area (Å²) in [4.78, 5) is 1.19. The topological polar surface area (TPSA) is 12.0 Å². The van der Waals surface area contributed by atoms with Gasteiger partial charge in [-0.2, -0.15) is 13.2 Å². The first-order valence-electron chi connectivity index (χ1n) is 6.61. The third kappa shape index (κ3) is 2.88. The third-order valence-electron chi connectivity index (χ3n) is 3.58. The van der Waals surface area contributed by atoms with Gasteiger partial charge in [0.25, 0.3) is 0 Å². The SMILES string of the molecule is Cc1ccc(NC2CSc3ccccc32)cc1C(F)(F)F. The third-order valence-corrected chi connectivity index (χ3v) is 4.77. The summed E-state index contributed by atoms with van der Waals surface area (Å²) in [5.74, 6) is 0.828. The van der Waals surface area contributed by atoms with Gasteiger partial charge in [0.05, 0.1) is 11.6 Å². The summed E-state index contributed by atoms with van der Waals surface area (Å²) in [6.07, 6.45) is -4.32. The summed E-state index contributed by atoms with van der Waals surface area (Å²) >= 11 is 1.72. The second-order valence-corrected chi connectivity index (χ2v) is 6.14. The minimum absolute atomic E-state index is 0.0509. The zero-order valence-corrected chi connectivity index (χ0v) is 12.2. The van der Waals surface area contributed by atoms with Crippen molar-refractivity contribution in [2.75, 3.05) is 11.1 Å². The molecule has 2 aromatic rings. The molecule has 110 valence electrons. The molecular weight excluding hydrogens is 295 g/mol. The van der Waals surface area contributed by atoms with Crippen LogP contribution in [0.4, 0.5) is 18.9 Å². The first kappa shape index (κ1) is 14.3. The van der Waals surface area contributed by atoms with Crippen LogP contribution in [0.1, 0.15) is 22.7 Å². The van der Waals surface area contributed by atoms with Gasteiger partial charge in [-0.1, -0.05) is 24.3 Å². The number of nitrogens with one attached hydrogen (secondary N) is 1. The molecule has 5 heteroatoms. The van der Waals surface area contributed by atoms with E-state index in [1.54, 1.807) is 17.8 Å². The van der Waals surface area contributed by atoms with E-state index in [-0.39, 0.29) is 11.6 Å². The Morgan fingerprint density at radius 3 is 2.67 bits per heavy atom. The minimum Gasteiger partial charge on any atom is -0.377 e. The Labute approximate surface area is 125 Å². The Morgan fingerprint density at radius 2 is 1.90 bits per heavy atom. The highest BCUT2D eigenvalue weighted by atomic mass is 32.2. The van der Waals surface area contributed by atoms with Gasteiger partial charge in [0, 0.05) is 16.3 Å². The van der Waals surface area contributed by atoms with Crippen molar-refractivity contribution in [2.45, 2.75) is 24.0 Å². The maximum atomic E-state index is 12.9.